The molecule has 2 rings (SSSR count). The van der Waals surface area contributed by atoms with Crippen molar-refractivity contribution in [2.24, 2.45) is 5.73 Å². The zero-order valence-corrected chi connectivity index (χ0v) is 12.4. The van der Waals surface area contributed by atoms with Crippen LogP contribution in [-0.4, -0.2) is 21.3 Å². The van der Waals surface area contributed by atoms with Crippen molar-refractivity contribution in [1.82, 2.24) is 0 Å². The average molecular weight is 285 g/mol. The number of nitrogens with two attached hydrogens (primary N) is 1. The Bertz CT molecular complexity index is 628. The van der Waals surface area contributed by atoms with Crippen molar-refractivity contribution < 1.29 is 14.2 Å². The molecular formula is C17H19NO3. The molecule has 0 amide bonds. The topological polar surface area (TPSA) is 53.7 Å². The fourth-order valence-corrected chi connectivity index (χ4v) is 2.11. The lowest BCUT2D eigenvalue weighted by atomic mass is 9.98. The van der Waals surface area contributed by atoms with Gasteiger partial charge in [-0.05, 0) is 35.4 Å². The minimum absolute atomic E-state index is 0.714. The predicted molar refractivity (Wildman–Crippen MR) is 83.8 cm³/mol. The van der Waals surface area contributed by atoms with Crippen molar-refractivity contribution in [2.75, 3.05) is 21.3 Å². The number of benzene rings is 2. The highest BCUT2D eigenvalue weighted by molar-refractivity contribution is 5.81. The van der Waals surface area contributed by atoms with Crippen molar-refractivity contribution in [3.8, 4) is 17.2 Å². The van der Waals surface area contributed by atoms with E-state index < -0.39 is 0 Å². The van der Waals surface area contributed by atoms with Crippen LogP contribution in [-0.2, 0) is 0 Å². The van der Waals surface area contributed by atoms with Crippen LogP contribution in [0.25, 0.3) is 5.57 Å². The fraction of sp³-hybridized carbons (Fsp3) is 0.176. The van der Waals surface area contributed by atoms with Crippen LogP contribution in [0.3, 0.4) is 0 Å². The molecule has 110 valence electrons. The van der Waals surface area contributed by atoms with E-state index in [2.05, 4.69) is 0 Å². The van der Waals surface area contributed by atoms with E-state index in [1.807, 2.05) is 42.5 Å². The summed E-state index contributed by atoms with van der Waals surface area (Å²) in [6.45, 7) is 0. The molecule has 0 aliphatic carbocycles. The van der Waals surface area contributed by atoms with E-state index in [-0.39, 0.29) is 0 Å². The summed E-state index contributed by atoms with van der Waals surface area (Å²) in [7, 11) is 4.88. The molecule has 4 heteroatoms. The van der Waals surface area contributed by atoms with Gasteiger partial charge in [-0.2, -0.15) is 0 Å². The molecule has 0 radical (unpaired) electrons. The first-order valence-corrected chi connectivity index (χ1v) is 6.51. The molecule has 0 aliphatic rings. The van der Waals surface area contributed by atoms with Crippen LogP contribution in [0.5, 0.6) is 17.2 Å². The lowest BCUT2D eigenvalue weighted by molar-refractivity contribution is 0.394. The molecule has 0 aliphatic heterocycles. The summed E-state index contributed by atoms with van der Waals surface area (Å²) in [6.07, 6.45) is 1.57. The summed E-state index contributed by atoms with van der Waals surface area (Å²) in [5, 5.41) is 0. The lowest BCUT2D eigenvalue weighted by Gasteiger charge is -2.12. The second-order valence-corrected chi connectivity index (χ2v) is 4.41. The third-order valence-electron chi connectivity index (χ3n) is 3.21. The lowest BCUT2D eigenvalue weighted by Crippen LogP contribution is -1.96. The Balaban J connectivity index is 2.50. The molecular weight excluding hydrogens is 266 g/mol. The second kappa shape index (κ2) is 6.70. The molecule has 2 N–H and O–H groups in total. The van der Waals surface area contributed by atoms with Crippen LogP contribution in [0.4, 0.5) is 0 Å². The molecule has 0 saturated heterocycles. The Kier molecular flexibility index (Phi) is 4.72. The van der Waals surface area contributed by atoms with Gasteiger partial charge in [0.25, 0.3) is 0 Å². The van der Waals surface area contributed by atoms with Crippen molar-refractivity contribution >= 4 is 5.57 Å². The first-order valence-electron chi connectivity index (χ1n) is 6.51. The molecule has 0 spiro atoms. The SMILES string of the molecule is COc1cccc(C(=CN)c2cc(OC)cc(OC)c2)c1. The van der Waals surface area contributed by atoms with Gasteiger partial charge in [0.15, 0.2) is 0 Å². The minimum atomic E-state index is 0.714. The Hall–Kier alpha value is -2.62. The Morgan fingerprint density at radius 1 is 0.810 bits per heavy atom. The number of ether oxygens (including phenoxy) is 3. The van der Waals surface area contributed by atoms with E-state index in [1.54, 1.807) is 27.5 Å². The van der Waals surface area contributed by atoms with E-state index >= 15 is 0 Å². The summed E-state index contributed by atoms with van der Waals surface area (Å²) in [5.74, 6) is 2.21. The van der Waals surface area contributed by atoms with Gasteiger partial charge in [-0.3, -0.25) is 0 Å². The van der Waals surface area contributed by atoms with Crippen LogP contribution >= 0.6 is 0 Å². The summed E-state index contributed by atoms with van der Waals surface area (Å²) in [5.41, 5.74) is 8.59. The van der Waals surface area contributed by atoms with Gasteiger partial charge in [0.05, 0.1) is 21.3 Å². The first kappa shape index (κ1) is 14.8. The zero-order valence-electron chi connectivity index (χ0n) is 12.4. The standard InChI is InChI=1S/C17H19NO3/c1-19-14-6-4-5-12(7-14)17(11-18)13-8-15(20-2)10-16(9-13)21-3/h4-11H,18H2,1-3H3. The van der Waals surface area contributed by atoms with E-state index in [9.17, 15) is 0 Å². The molecule has 0 aromatic heterocycles. The van der Waals surface area contributed by atoms with Crippen molar-refractivity contribution in [3.05, 3.63) is 59.8 Å². The van der Waals surface area contributed by atoms with E-state index in [0.717, 1.165) is 22.4 Å². The summed E-state index contributed by atoms with van der Waals surface area (Å²) in [6, 6.07) is 13.4. The number of hydrogen-bond acceptors (Lipinski definition) is 4. The fourth-order valence-electron chi connectivity index (χ4n) is 2.11. The molecule has 0 saturated carbocycles. The summed E-state index contributed by atoms with van der Waals surface area (Å²) < 4.78 is 15.9. The smallest absolute Gasteiger partial charge is 0.123 e. The van der Waals surface area contributed by atoms with Gasteiger partial charge < -0.3 is 19.9 Å². The van der Waals surface area contributed by atoms with Gasteiger partial charge in [0.2, 0.25) is 0 Å². The largest absolute Gasteiger partial charge is 0.497 e. The maximum Gasteiger partial charge on any atom is 0.123 e. The van der Waals surface area contributed by atoms with Crippen LogP contribution < -0.4 is 19.9 Å². The number of rotatable bonds is 5. The zero-order chi connectivity index (χ0) is 15.2. The number of methoxy groups -OCH3 is 3. The number of hydrogen-bond donors (Lipinski definition) is 1. The monoisotopic (exact) mass is 285 g/mol. The molecule has 0 unspecified atom stereocenters. The third kappa shape index (κ3) is 3.28. The molecule has 0 bridgehead atoms. The van der Waals surface area contributed by atoms with Crippen LogP contribution in [0.15, 0.2) is 48.7 Å². The second-order valence-electron chi connectivity index (χ2n) is 4.41. The van der Waals surface area contributed by atoms with E-state index in [4.69, 9.17) is 19.9 Å². The molecule has 0 heterocycles. The molecule has 0 atom stereocenters. The van der Waals surface area contributed by atoms with Crippen molar-refractivity contribution in [1.29, 1.82) is 0 Å². The summed E-state index contributed by atoms with van der Waals surface area (Å²) >= 11 is 0. The highest BCUT2D eigenvalue weighted by atomic mass is 16.5. The van der Waals surface area contributed by atoms with Crippen molar-refractivity contribution in [2.45, 2.75) is 0 Å². The molecule has 0 fully saturated rings. The van der Waals surface area contributed by atoms with Crippen molar-refractivity contribution in [3.63, 3.8) is 0 Å². The third-order valence-corrected chi connectivity index (χ3v) is 3.21. The van der Waals surface area contributed by atoms with Gasteiger partial charge in [-0.15, -0.1) is 0 Å². The molecule has 4 nitrogen and oxygen atoms in total. The average Bonchev–Trinajstić information content (AvgIpc) is 2.55. The van der Waals surface area contributed by atoms with Gasteiger partial charge in [-0.1, -0.05) is 12.1 Å². The minimum Gasteiger partial charge on any atom is -0.497 e. The highest BCUT2D eigenvalue weighted by Crippen LogP contribution is 2.31. The van der Waals surface area contributed by atoms with Gasteiger partial charge in [0.1, 0.15) is 17.2 Å². The van der Waals surface area contributed by atoms with Crippen LogP contribution in [0, 0.1) is 0 Å². The Morgan fingerprint density at radius 2 is 1.38 bits per heavy atom. The first-order chi connectivity index (χ1) is 10.2. The maximum absolute atomic E-state index is 5.83. The Morgan fingerprint density at radius 3 is 1.90 bits per heavy atom. The normalized spacial score (nSPS) is 11.1. The van der Waals surface area contributed by atoms with Crippen LogP contribution in [0.1, 0.15) is 11.1 Å². The van der Waals surface area contributed by atoms with Gasteiger partial charge in [-0.25, -0.2) is 0 Å². The molecule has 2 aromatic carbocycles. The maximum atomic E-state index is 5.83. The Labute approximate surface area is 124 Å². The molecule has 2 aromatic rings. The quantitative estimate of drug-likeness (QED) is 0.917. The van der Waals surface area contributed by atoms with E-state index in [0.29, 0.717) is 11.5 Å². The summed E-state index contributed by atoms with van der Waals surface area (Å²) in [4.78, 5) is 0. The predicted octanol–water partition coefficient (Wildman–Crippen LogP) is 3.06. The van der Waals surface area contributed by atoms with Gasteiger partial charge >= 0.3 is 0 Å². The van der Waals surface area contributed by atoms with Gasteiger partial charge in [0, 0.05) is 17.8 Å². The molecule has 21 heavy (non-hydrogen) atoms. The highest BCUT2D eigenvalue weighted by Gasteiger charge is 2.09. The van der Waals surface area contributed by atoms with Crippen LogP contribution in [0.2, 0.25) is 0 Å². The van der Waals surface area contributed by atoms with E-state index in [1.165, 1.54) is 0 Å².